The van der Waals surface area contributed by atoms with Gasteiger partial charge in [0, 0.05) is 14.0 Å². The van der Waals surface area contributed by atoms with Gasteiger partial charge in [0.25, 0.3) is 0 Å². The van der Waals surface area contributed by atoms with E-state index in [1.54, 1.807) is 18.7 Å². The highest BCUT2D eigenvalue weighted by molar-refractivity contribution is 7.99. The Bertz CT molecular complexity index is 283. The third-order valence-electron chi connectivity index (χ3n) is 2.67. The third-order valence-corrected chi connectivity index (χ3v) is 3.74. The van der Waals surface area contributed by atoms with Gasteiger partial charge in [0.05, 0.1) is 5.37 Å². The zero-order valence-electron chi connectivity index (χ0n) is 9.69. The minimum Gasteiger partial charge on any atom is -0.330 e. The third kappa shape index (κ3) is 3.42. The SMILES string of the molecule is CSC(C1=CC=CCCC1)N(C)C(C)=O. The molecule has 0 bridgehead atoms. The number of hydrogen-bond donors (Lipinski definition) is 0. The van der Waals surface area contributed by atoms with Gasteiger partial charge >= 0.3 is 0 Å². The first-order valence-corrected chi connectivity index (χ1v) is 6.57. The molecule has 0 aromatic heterocycles. The van der Waals surface area contributed by atoms with E-state index < -0.39 is 0 Å². The summed E-state index contributed by atoms with van der Waals surface area (Å²) in [5.41, 5.74) is 1.36. The number of amides is 1. The molecule has 15 heavy (non-hydrogen) atoms. The fraction of sp³-hybridized carbons (Fsp3) is 0.583. The van der Waals surface area contributed by atoms with Crippen molar-refractivity contribution in [2.75, 3.05) is 13.3 Å². The Hall–Kier alpha value is -0.700. The highest BCUT2D eigenvalue weighted by atomic mass is 32.2. The van der Waals surface area contributed by atoms with Crippen LogP contribution in [-0.4, -0.2) is 29.5 Å². The van der Waals surface area contributed by atoms with Gasteiger partial charge in [0.1, 0.15) is 0 Å². The van der Waals surface area contributed by atoms with Crippen LogP contribution in [0.2, 0.25) is 0 Å². The molecular formula is C12H19NOS. The fourth-order valence-corrected chi connectivity index (χ4v) is 2.69. The molecule has 1 unspecified atom stereocenters. The summed E-state index contributed by atoms with van der Waals surface area (Å²) in [5, 5.41) is 0.199. The Kier molecular flexibility index (Phi) is 4.95. The lowest BCUT2D eigenvalue weighted by molar-refractivity contribution is -0.127. The molecule has 0 spiro atoms. The number of nitrogens with zero attached hydrogens (tertiary/aromatic N) is 1. The molecule has 0 saturated carbocycles. The predicted molar refractivity (Wildman–Crippen MR) is 66.8 cm³/mol. The predicted octanol–water partition coefficient (Wildman–Crippen LogP) is 2.82. The van der Waals surface area contributed by atoms with Crippen LogP contribution in [0.15, 0.2) is 23.8 Å². The maximum atomic E-state index is 11.3. The lowest BCUT2D eigenvalue weighted by Gasteiger charge is -2.27. The average molecular weight is 225 g/mol. The van der Waals surface area contributed by atoms with Gasteiger partial charge in [-0.25, -0.2) is 0 Å². The Morgan fingerprint density at radius 2 is 2.33 bits per heavy atom. The van der Waals surface area contributed by atoms with Gasteiger partial charge < -0.3 is 4.90 Å². The van der Waals surface area contributed by atoms with E-state index in [2.05, 4.69) is 24.5 Å². The van der Waals surface area contributed by atoms with Crippen molar-refractivity contribution in [2.24, 2.45) is 0 Å². The Morgan fingerprint density at radius 1 is 1.60 bits per heavy atom. The lowest BCUT2D eigenvalue weighted by atomic mass is 10.1. The van der Waals surface area contributed by atoms with E-state index in [4.69, 9.17) is 0 Å². The molecule has 1 amide bonds. The molecule has 0 fully saturated rings. The van der Waals surface area contributed by atoms with Crippen LogP contribution in [0.1, 0.15) is 26.2 Å². The molecule has 1 rings (SSSR count). The van der Waals surface area contributed by atoms with Crippen molar-refractivity contribution in [3.05, 3.63) is 23.8 Å². The summed E-state index contributed by atoms with van der Waals surface area (Å²) in [4.78, 5) is 13.2. The largest absolute Gasteiger partial charge is 0.330 e. The molecule has 1 aliphatic rings. The van der Waals surface area contributed by atoms with Gasteiger partial charge in [-0.1, -0.05) is 18.2 Å². The second-order valence-electron chi connectivity index (χ2n) is 3.78. The number of allylic oxidation sites excluding steroid dienone is 3. The maximum Gasteiger partial charge on any atom is 0.220 e. The van der Waals surface area contributed by atoms with Crippen LogP contribution in [0.5, 0.6) is 0 Å². The van der Waals surface area contributed by atoms with E-state index in [-0.39, 0.29) is 11.3 Å². The van der Waals surface area contributed by atoms with E-state index >= 15 is 0 Å². The molecule has 84 valence electrons. The molecule has 3 heteroatoms. The van der Waals surface area contributed by atoms with Gasteiger partial charge in [-0.3, -0.25) is 4.79 Å². The minimum absolute atomic E-state index is 0.128. The van der Waals surface area contributed by atoms with Gasteiger partial charge in [0.15, 0.2) is 0 Å². The quantitative estimate of drug-likeness (QED) is 0.688. The first kappa shape index (κ1) is 12.4. The smallest absolute Gasteiger partial charge is 0.220 e. The van der Waals surface area contributed by atoms with E-state index in [0.29, 0.717) is 0 Å². The normalized spacial score (nSPS) is 17.9. The summed E-state index contributed by atoms with van der Waals surface area (Å²) in [5.74, 6) is 0.128. The van der Waals surface area contributed by atoms with E-state index in [1.165, 1.54) is 12.0 Å². The Morgan fingerprint density at radius 3 is 2.93 bits per heavy atom. The van der Waals surface area contributed by atoms with Crippen LogP contribution in [0, 0.1) is 0 Å². The highest BCUT2D eigenvalue weighted by Gasteiger charge is 2.19. The zero-order chi connectivity index (χ0) is 11.3. The lowest BCUT2D eigenvalue weighted by Crippen LogP contribution is -2.34. The van der Waals surface area contributed by atoms with Crippen LogP contribution in [0.3, 0.4) is 0 Å². The van der Waals surface area contributed by atoms with Crippen molar-refractivity contribution >= 4 is 17.7 Å². The molecule has 1 aliphatic carbocycles. The Labute approximate surface area is 96.4 Å². The highest BCUT2D eigenvalue weighted by Crippen LogP contribution is 2.26. The zero-order valence-corrected chi connectivity index (χ0v) is 10.5. The molecule has 0 aromatic carbocycles. The van der Waals surface area contributed by atoms with Crippen molar-refractivity contribution in [2.45, 2.75) is 31.6 Å². The molecule has 0 radical (unpaired) electrons. The standard InChI is InChI=1S/C12H19NOS/c1-10(14)13(2)12(15-3)11-8-6-4-5-7-9-11/h4,6,8,12H,5,7,9H2,1-3H3. The van der Waals surface area contributed by atoms with Crippen LogP contribution in [0.25, 0.3) is 0 Å². The molecule has 0 N–H and O–H groups in total. The summed E-state index contributed by atoms with van der Waals surface area (Å²) in [6, 6.07) is 0. The van der Waals surface area contributed by atoms with Gasteiger partial charge in [-0.2, -0.15) is 0 Å². The monoisotopic (exact) mass is 225 g/mol. The minimum atomic E-state index is 0.128. The topological polar surface area (TPSA) is 20.3 Å². The number of carbonyl (C=O) groups excluding carboxylic acids is 1. The molecule has 0 heterocycles. The number of thioether (sulfide) groups is 1. The molecule has 0 saturated heterocycles. The summed E-state index contributed by atoms with van der Waals surface area (Å²) in [6.45, 7) is 1.62. The second-order valence-corrected chi connectivity index (χ2v) is 4.70. The maximum absolute atomic E-state index is 11.3. The van der Waals surface area contributed by atoms with Crippen molar-refractivity contribution in [3.8, 4) is 0 Å². The van der Waals surface area contributed by atoms with Crippen LogP contribution >= 0.6 is 11.8 Å². The van der Waals surface area contributed by atoms with Gasteiger partial charge in [-0.15, -0.1) is 11.8 Å². The molecule has 0 aromatic rings. The summed E-state index contributed by atoms with van der Waals surface area (Å²) in [7, 11) is 1.87. The summed E-state index contributed by atoms with van der Waals surface area (Å²) < 4.78 is 0. The molecule has 1 atom stereocenters. The van der Waals surface area contributed by atoms with E-state index in [9.17, 15) is 4.79 Å². The second kappa shape index (κ2) is 6.01. The van der Waals surface area contributed by atoms with Crippen LogP contribution in [-0.2, 0) is 4.79 Å². The van der Waals surface area contributed by atoms with Crippen molar-refractivity contribution < 1.29 is 4.79 Å². The number of carbonyl (C=O) groups is 1. The van der Waals surface area contributed by atoms with Crippen molar-refractivity contribution in [1.29, 1.82) is 0 Å². The van der Waals surface area contributed by atoms with Crippen LogP contribution < -0.4 is 0 Å². The first-order chi connectivity index (χ1) is 7.16. The van der Waals surface area contributed by atoms with Crippen LogP contribution in [0.4, 0.5) is 0 Å². The first-order valence-electron chi connectivity index (χ1n) is 5.28. The van der Waals surface area contributed by atoms with Crippen molar-refractivity contribution in [3.63, 3.8) is 0 Å². The number of likely N-dealkylation sites (N-methyl/N-ethyl adjacent to an activating group) is 1. The number of hydrogen-bond acceptors (Lipinski definition) is 2. The Balaban J connectivity index is 2.77. The fourth-order valence-electron chi connectivity index (χ4n) is 1.72. The number of rotatable bonds is 3. The van der Waals surface area contributed by atoms with Gasteiger partial charge in [0.2, 0.25) is 5.91 Å². The average Bonchev–Trinajstić information content (AvgIpc) is 2.47. The molecular weight excluding hydrogens is 206 g/mol. The van der Waals surface area contributed by atoms with E-state index in [1.807, 2.05) is 11.9 Å². The molecule has 0 aliphatic heterocycles. The summed E-state index contributed by atoms with van der Waals surface area (Å²) >= 11 is 1.73. The summed E-state index contributed by atoms with van der Waals surface area (Å²) in [6.07, 6.45) is 11.9. The van der Waals surface area contributed by atoms with E-state index in [0.717, 1.165) is 12.8 Å². The molecule has 2 nitrogen and oxygen atoms in total. The van der Waals surface area contributed by atoms with Gasteiger partial charge in [-0.05, 0) is 31.1 Å². The van der Waals surface area contributed by atoms with Crippen molar-refractivity contribution in [1.82, 2.24) is 4.90 Å².